The minimum atomic E-state index is -0.437. The molecule has 0 saturated carbocycles. The van der Waals surface area contributed by atoms with Crippen LogP contribution in [0.2, 0.25) is 0 Å². The average molecular weight is 479 g/mol. The van der Waals surface area contributed by atoms with Crippen LogP contribution in [0.4, 0.5) is 5.00 Å². The Kier molecular flexibility index (Phi) is 3.91. The molecule has 0 aliphatic carbocycles. The van der Waals surface area contributed by atoms with Crippen LogP contribution in [0.15, 0.2) is 16.6 Å². The number of hydrogen-bond donors (Lipinski definition) is 3. The lowest BCUT2D eigenvalue weighted by atomic mass is 10.1. The van der Waals surface area contributed by atoms with E-state index in [2.05, 4.69) is 49.2 Å². The highest BCUT2D eigenvalue weighted by molar-refractivity contribution is 14.1. The number of carbonyl (C=O) groups is 1. The maximum Gasteiger partial charge on any atom is 0.256 e. The first-order chi connectivity index (χ1) is 9.88. The van der Waals surface area contributed by atoms with Gasteiger partial charge in [-0.2, -0.15) is 0 Å². The molecule has 1 aliphatic heterocycles. The summed E-state index contributed by atoms with van der Waals surface area (Å²) in [6.45, 7) is 3.95. The zero-order valence-corrected chi connectivity index (χ0v) is 15.8. The molecule has 0 fully saturated rings. The zero-order chi connectivity index (χ0) is 15.3. The van der Waals surface area contributed by atoms with Crippen LogP contribution in [0.25, 0.3) is 0 Å². The van der Waals surface area contributed by atoms with Gasteiger partial charge in [0.15, 0.2) is 0 Å². The van der Waals surface area contributed by atoms with Crippen molar-refractivity contribution in [3.63, 3.8) is 0 Å². The number of aryl methyl sites for hydroxylation is 1. The van der Waals surface area contributed by atoms with Crippen molar-refractivity contribution in [3.05, 3.63) is 41.7 Å². The van der Waals surface area contributed by atoms with E-state index in [-0.39, 0.29) is 11.7 Å². The van der Waals surface area contributed by atoms with Crippen LogP contribution in [0.1, 0.15) is 32.5 Å². The van der Waals surface area contributed by atoms with Gasteiger partial charge in [0.2, 0.25) is 0 Å². The number of anilines is 1. The highest BCUT2D eigenvalue weighted by Crippen LogP contribution is 2.40. The maximum atomic E-state index is 12.3. The fourth-order valence-electron chi connectivity index (χ4n) is 2.33. The summed E-state index contributed by atoms with van der Waals surface area (Å²) < 4.78 is 1.59. The molecule has 2 aromatic rings. The van der Waals surface area contributed by atoms with Crippen molar-refractivity contribution in [2.75, 3.05) is 5.32 Å². The van der Waals surface area contributed by atoms with Crippen molar-refractivity contribution in [3.8, 4) is 5.75 Å². The number of phenolic OH excluding ortho intramolecular Hbond substituents is 1. The molecule has 0 spiro atoms. The summed E-state index contributed by atoms with van der Waals surface area (Å²) in [6.07, 6.45) is -0.437. The van der Waals surface area contributed by atoms with Gasteiger partial charge in [0.25, 0.3) is 5.91 Å². The molecule has 21 heavy (non-hydrogen) atoms. The molecule has 1 unspecified atom stereocenters. The van der Waals surface area contributed by atoms with Gasteiger partial charge >= 0.3 is 0 Å². The largest absolute Gasteiger partial charge is 0.506 e. The molecule has 2 heterocycles. The third-order valence-electron chi connectivity index (χ3n) is 3.53. The standard InChI is InChI=1S/C14H12BrIN2O2S/c1-5-6(2)21-14-10(5)13(20)17-12(18-14)8-3-7(15)4-9(16)11(8)19/h3-4,12,18-19H,1-2H3,(H,17,20). The van der Waals surface area contributed by atoms with E-state index in [1.807, 2.05) is 26.0 Å². The van der Waals surface area contributed by atoms with Gasteiger partial charge in [0.05, 0.1) is 9.13 Å². The van der Waals surface area contributed by atoms with E-state index >= 15 is 0 Å². The Morgan fingerprint density at radius 1 is 1.33 bits per heavy atom. The second-order valence-corrected chi connectivity index (χ2v) is 8.17. The number of benzene rings is 1. The van der Waals surface area contributed by atoms with Crippen LogP contribution in [-0.4, -0.2) is 11.0 Å². The molecule has 110 valence electrons. The Hall–Kier alpha value is -0.800. The van der Waals surface area contributed by atoms with Crippen LogP contribution in [0.5, 0.6) is 5.75 Å². The summed E-state index contributed by atoms with van der Waals surface area (Å²) in [5.41, 5.74) is 2.36. The molecule has 0 saturated heterocycles. The first-order valence-corrected chi connectivity index (χ1v) is 8.92. The molecule has 7 heteroatoms. The van der Waals surface area contributed by atoms with Crippen molar-refractivity contribution < 1.29 is 9.90 Å². The van der Waals surface area contributed by atoms with Crippen LogP contribution in [0, 0.1) is 17.4 Å². The van der Waals surface area contributed by atoms with Gasteiger partial charge in [0.1, 0.15) is 16.9 Å². The van der Waals surface area contributed by atoms with Crippen LogP contribution < -0.4 is 10.6 Å². The van der Waals surface area contributed by atoms with Crippen molar-refractivity contribution in [1.29, 1.82) is 0 Å². The number of aromatic hydroxyl groups is 1. The lowest BCUT2D eigenvalue weighted by Crippen LogP contribution is -2.38. The van der Waals surface area contributed by atoms with Gasteiger partial charge in [-0.3, -0.25) is 4.79 Å². The van der Waals surface area contributed by atoms with E-state index < -0.39 is 6.17 Å². The van der Waals surface area contributed by atoms with E-state index in [9.17, 15) is 9.90 Å². The lowest BCUT2D eigenvalue weighted by molar-refractivity contribution is 0.0935. The van der Waals surface area contributed by atoms with Crippen molar-refractivity contribution in [2.45, 2.75) is 20.0 Å². The van der Waals surface area contributed by atoms with E-state index in [1.165, 1.54) is 0 Å². The van der Waals surface area contributed by atoms with Gasteiger partial charge < -0.3 is 15.7 Å². The summed E-state index contributed by atoms with van der Waals surface area (Å²) in [4.78, 5) is 13.5. The zero-order valence-electron chi connectivity index (χ0n) is 11.3. The molecule has 1 aromatic carbocycles. The molecule has 1 aromatic heterocycles. The quantitative estimate of drug-likeness (QED) is 0.536. The Labute approximate surface area is 148 Å². The molecular formula is C14H12BrIN2O2S. The number of thiophene rings is 1. The molecule has 0 radical (unpaired) electrons. The third kappa shape index (κ3) is 2.55. The van der Waals surface area contributed by atoms with Crippen molar-refractivity contribution >= 4 is 60.8 Å². The van der Waals surface area contributed by atoms with Crippen LogP contribution in [-0.2, 0) is 0 Å². The maximum absolute atomic E-state index is 12.3. The van der Waals surface area contributed by atoms with Crippen LogP contribution >= 0.6 is 49.9 Å². The van der Waals surface area contributed by atoms with Gasteiger partial charge in [-0.05, 0) is 54.1 Å². The second-order valence-electron chi connectivity index (χ2n) is 4.86. The highest BCUT2D eigenvalue weighted by atomic mass is 127. The number of amides is 1. The molecule has 3 N–H and O–H groups in total. The number of rotatable bonds is 1. The van der Waals surface area contributed by atoms with E-state index in [0.29, 0.717) is 11.1 Å². The molecule has 0 bridgehead atoms. The van der Waals surface area contributed by atoms with E-state index in [0.717, 1.165) is 23.5 Å². The minimum Gasteiger partial charge on any atom is -0.506 e. The molecule has 1 atom stereocenters. The third-order valence-corrected chi connectivity index (χ3v) is 5.95. The summed E-state index contributed by atoms with van der Waals surface area (Å²) >= 11 is 7.06. The number of nitrogens with one attached hydrogen (secondary N) is 2. The first kappa shape index (κ1) is 15.1. The molecule has 1 amide bonds. The minimum absolute atomic E-state index is 0.106. The van der Waals surface area contributed by atoms with Gasteiger partial charge in [0, 0.05) is 14.9 Å². The van der Waals surface area contributed by atoms with Gasteiger partial charge in [-0.1, -0.05) is 15.9 Å². The second kappa shape index (κ2) is 5.44. The fourth-order valence-corrected chi connectivity index (χ4v) is 4.97. The van der Waals surface area contributed by atoms with Crippen molar-refractivity contribution in [2.24, 2.45) is 0 Å². The first-order valence-electron chi connectivity index (χ1n) is 6.23. The number of phenols is 1. The Morgan fingerprint density at radius 3 is 2.76 bits per heavy atom. The predicted molar refractivity (Wildman–Crippen MR) is 96.1 cm³/mol. The van der Waals surface area contributed by atoms with Gasteiger partial charge in [-0.25, -0.2) is 0 Å². The Morgan fingerprint density at radius 2 is 2.05 bits per heavy atom. The molecule has 3 rings (SSSR count). The summed E-state index contributed by atoms with van der Waals surface area (Å²) in [7, 11) is 0. The molecule has 1 aliphatic rings. The van der Waals surface area contributed by atoms with E-state index in [1.54, 1.807) is 11.3 Å². The predicted octanol–water partition coefficient (Wildman–Crippen LogP) is 4.29. The molecule has 4 nitrogen and oxygen atoms in total. The monoisotopic (exact) mass is 478 g/mol. The molecular weight excluding hydrogens is 467 g/mol. The lowest BCUT2D eigenvalue weighted by Gasteiger charge is -2.27. The Balaban J connectivity index is 2.06. The van der Waals surface area contributed by atoms with Crippen LogP contribution in [0.3, 0.4) is 0 Å². The highest BCUT2D eigenvalue weighted by Gasteiger charge is 2.30. The van der Waals surface area contributed by atoms with Gasteiger partial charge in [-0.15, -0.1) is 11.3 Å². The topological polar surface area (TPSA) is 61.4 Å². The smallest absolute Gasteiger partial charge is 0.256 e. The number of carbonyl (C=O) groups excluding carboxylic acids is 1. The summed E-state index contributed by atoms with van der Waals surface area (Å²) in [5.74, 6) is 0.0787. The fraction of sp³-hybridized carbons (Fsp3) is 0.214. The normalized spacial score (nSPS) is 17.1. The van der Waals surface area contributed by atoms with E-state index in [4.69, 9.17) is 0 Å². The summed E-state index contributed by atoms with van der Waals surface area (Å²) in [5, 5.41) is 17.3. The number of fused-ring (bicyclic) bond motifs is 1. The SMILES string of the molecule is Cc1sc2c(c1C)C(=O)NC(c1cc(Br)cc(I)c1O)N2. The average Bonchev–Trinajstić information content (AvgIpc) is 2.69. The number of hydrogen-bond acceptors (Lipinski definition) is 4. The number of halogens is 2. The summed E-state index contributed by atoms with van der Waals surface area (Å²) in [6, 6.07) is 3.64. The Bertz CT molecular complexity index is 760. The van der Waals surface area contributed by atoms with Crippen molar-refractivity contribution in [1.82, 2.24) is 5.32 Å².